The average molecular weight is 179 g/mol. The molecule has 3 heteroatoms. The first-order valence-corrected chi connectivity index (χ1v) is 4.21. The fraction of sp³-hybridized carbons (Fsp3) is 0.222. The number of amidine groups is 1. The highest BCUT2D eigenvalue weighted by Crippen LogP contribution is 1.98. The minimum absolute atomic E-state index is 0.242. The molecule has 1 aromatic carbocycles. The van der Waals surface area contributed by atoms with Crippen LogP contribution in [0.5, 0.6) is 0 Å². The first-order chi connectivity index (χ1) is 5.79. The number of nitrogens with two attached hydrogens (primary N) is 1. The zero-order valence-electron chi connectivity index (χ0n) is 6.73. The summed E-state index contributed by atoms with van der Waals surface area (Å²) in [5.74, 6) is 0. The highest BCUT2D eigenvalue weighted by molar-refractivity contribution is 7.77. The van der Waals surface area contributed by atoms with Gasteiger partial charge >= 0.3 is 0 Å². The molecule has 64 valence electrons. The quantitative estimate of drug-likeness (QED) is 0.428. The molecular weight excluding hydrogens is 168 g/mol. The second kappa shape index (κ2) is 4.72. The van der Waals surface area contributed by atoms with Gasteiger partial charge in [-0.05, 0) is 17.2 Å². The van der Waals surface area contributed by atoms with E-state index in [1.807, 2.05) is 18.2 Å². The molecule has 0 saturated carbocycles. The standard InChI is InChI=1S/C9H12N2S/c10-9(12)11-7-6-8-4-2-1-3-5-8/h1-5H,6-7H2,(H3,10,11,12)/p-1. The summed E-state index contributed by atoms with van der Waals surface area (Å²) < 4.78 is 0. The van der Waals surface area contributed by atoms with Crippen LogP contribution in [-0.2, 0) is 19.0 Å². The lowest BCUT2D eigenvalue weighted by Gasteiger charge is -2.02. The molecular formula is C9H11N2S-. The van der Waals surface area contributed by atoms with Gasteiger partial charge in [0.2, 0.25) is 0 Å². The van der Waals surface area contributed by atoms with Crippen LogP contribution in [0, 0.1) is 0 Å². The average Bonchev–Trinajstić information content (AvgIpc) is 2.05. The second-order valence-electron chi connectivity index (χ2n) is 2.46. The molecule has 0 aliphatic carbocycles. The molecule has 2 nitrogen and oxygen atoms in total. The molecule has 0 radical (unpaired) electrons. The van der Waals surface area contributed by atoms with Crippen molar-refractivity contribution in [1.82, 2.24) is 0 Å². The predicted molar refractivity (Wildman–Crippen MR) is 54.0 cm³/mol. The van der Waals surface area contributed by atoms with E-state index in [0.29, 0.717) is 6.54 Å². The fourth-order valence-corrected chi connectivity index (χ4v) is 1.03. The number of hydrogen-bond acceptors (Lipinski definition) is 2. The molecule has 0 spiro atoms. The maximum absolute atomic E-state index is 5.22. The molecule has 0 unspecified atom stereocenters. The van der Waals surface area contributed by atoms with E-state index in [0.717, 1.165) is 6.42 Å². The molecule has 0 atom stereocenters. The van der Waals surface area contributed by atoms with Gasteiger partial charge in [-0.2, -0.15) is 0 Å². The summed E-state index contributed by atoms with van der Waals surface area (Å²) >= 11 is 4.62. The van der Waals surface area contributed by atoms with E-state index in [4.69, 9.17) is 5.73 Å². The zero-order chi connectivity index (χ0) is 8.81. The number of hydrogen-bond donors (Lipinski definition) is 1. The van der Waals surface area contributed by atoms with Gasteiger partial charge in [-0.3, -0.25) is 4.99 Å². The van der Waals surface area contributed by atoms with Crippen LogP contribution in [0.1, 0.15) is 5.56 Å². The lowest BCUT2D eigenvalue weighted by molar-refractivity contribution is 0.970. The lowest BCUT2D eigenvalue weighted by atomic mass is 10.2. The molecule has 0 saturated heterocycles. The molecule has 0 heterocycles. The lowest BCUT2D eigenvalue weighted by Crippen LogP contribution is -2.07. The summed E-state index contributed by atoms with van der Waals surface area (Å²) in [5, 5.41) is 0.242. The molecule has 0 bridgehead atoms. The minimum Gasteiger partial charge on any atom is -0.743 e. The van der Waals surface area contributed by atoms with Gasteiger partial charge in [0, 0.05) is 6.54 Å². The Balaban J connectivity index is 2.39. The first kappa shape index (κ1) is 9.00. The van der Waals surface area contributed by atoms with E-state index in [-0.39, 0.29) is 5.17 Å². The Hall–Kier alpha value is -1.09. The largest absolute Gasteiger partial charge is 0.743 e. The Bertz CT molecular complexity index is 252. The highest BCUT2D eigenvalue weighted by atomic mass is 32.1. The van der Waals surface area contributed by atoms with Crippen molar-refractivity contribution < 1.29 is 0 Å². The van der Waals surface area contributed by atoms with Gasteiger partial charge in [0.05, 0.1) is 0 Å². The minimum atomic E-state index is 0.242. The van der Waals surface area contributed by atoms with Crippen LogP contribution in [0.3, 0.4) is 0 Å². The van der Waals surface area contributed by atoms with Crippen LogP contribution in [-0.4, -0.2) is 11.7 Å². The van der Waals surface area contributed by atoms with E-state index in [1.54, 1.807) is 0 Å². The van der Waals surface area contributed by atoms with Crippen molar-refractivity contribution in [3.63, 3.8) is 0 Å². The first-order valence-electron chi connectivity index (χ1n) is 3.80. The molecule has 1 aromatic rings. The number of benzene rings is 1. The predicted octanol–water partition coefficient (Wildman–Crippen LogP) is 1.09. The summed E-state index contributed by atoms with van der Waals surface area (Å²) in [6.45, 7) is 0.680. The molecule has 0 fully saturated rings. The van der Waals surface area contributed by atoms with Gasteiger partial charge in [0.1, 0.15) is 0 Å². The summed E-state index contributed by atoms with van der Waals surface area (Å²) in [6.07, 6.45) is 0.901. The zero-order valence-corrected chi connectivity index (χ0v) is 7.55. The Morgan fingerprint density at radius 1 is 1.33 bits per heavy atom. The molecule has 0 aliphatic rings. The van der Waals surface area contributed by atoms with Crippen LogP contribution in [0.15, 0.2) is 35.3 Å². The highest BCUT2D eigenvalue weighted by Gasteiger charge is 1.87. The normalized spacial score (nSPS) is 11.5. The van der Waals surface area contributed by atoms with E-state index < -0.39 is 0 Å². The third-order valence-electron chi connectivity index (χ3n) is 1.51. The third-order valence-corrected chi connectivity index (χ3v) is 1.64. The summed E-state index contributed by atoms with van der Waals surface area (Å²) in [4.78, 5) is 3.93. The van der Waals surface area contributed by atoms with Crippen molar-refractivity contribution >= 4 is 17.8 Å². The Labute approximate surface area is 77.9 Å². The fourth-order valence-electron chi connectivity index (χ4n) is 0.940. The van der Waals surface area contributed by atoms with Crippen LogP contribution in [0.4, 0.5) is 0 Å². The molecule has 0 amide bonds. The summed E-state index contributed by atoms with van der Waals surface area (Å²) in [6, 6.07) is 10.1. The maximum Gasteiger partial charge on any atom is 0.0428 e. The van der Waals surface area contributed by atoms with Gasteiger partial charge in [-0.1, -0.05) is 30.3 Å². The number of rotatable bonds is 3. The van der Waals surface area contributed by atoms with Crippen LogP contribution < -0.4 is 5.73 Å². The van der Waals surface area contributed by atoms with Crippen molar-refractivity contribution in [3.05, 3.63) is 35.9 Å². The Morgan fingerprint density at radius 2 is 2.00 bits per heavy atom. The molecule has 0 aliphatic heterocycles. The van der Waals surface area contributed by atoms with Gasteiger partial charge in [-0.15, -0.1) is 0 Å². The second-order valence-corrected chi connectivity index (χ2v) is 2.87. The van der Waals surface area contributed by atoms with Crippen molar-refractivity contribution in [2.24, 2.45) is 10.7 Å². The third kappa shape index (κ3) is 3.34. The smallest absolute Gasteiger partial charge is 0.0428 e. The Morgan fingerprint density at radius 3 is 2.58 bits per heavy atom. The molecule has 1 rings (SSSR count). The van der Waals surface area contributed by atoms with E-state index in [9.17, 15) is 0 Å². The van der Waals surface area contributed by atoms with Crippen LogP contribution in [0.2, 0.25) is 0 Å². The van der Waals surface area contributed by atoms with Gasteiger partial charge in [-0.25, -0.2) is 0 Å². The van der Waals surface area contributed by atoms with Crippen molar-refractivity contribution in [3.8, 4) is 0 Å². The van der Waals surface area contributed by atoms with Crippen LogP contribution in [0.25, 0.3) is 0 Å². The van der Waals surface area contributed by atoms with Gasteiger partial charge in [0.25, 0.3) is 0 Å². The van der Waals surface area contributed by atoms with E-state index in [1.165, 1.54) is 5.56 Å². The SMILES string of the molecule is NC([S-])=NCCc1ccccc1. The van der Waals surface area contributed by atoms with Gasteiger partial charge < -0.3 is 18.4 Å². The van der Waals surface area contributed by atoms with Crippen molar-refractivity contribution in [2.75, 3.05) is 6.54 Å². The number of aliphatic imine (C=N–C) groups is 1. The topological polar surface area (TPSA) is 38.4 Å². The monoisotopic (exact) mass is 179 g/mol. The van der Waals surface area contributed by atoms with E-state index >= 15 is 0 Å². The number of nitrogens with zero attached hydrogens (tertiary/aromatic N) is 1. The van der Waals surface area contributed by atoms with Crippen LogP contribution >= 0.6 is 0 Å². The molecule has 2 N–H and O–H groups in total. The molecule has 0 aromatic heterocycles. The maximum atomic E-state index is 5.22. The van der Waals surface area contributed by atoms with Gasteiger partial charge in [0.15, 0.2) is 0 Å². The molecule has 12 heavy (non-hydrogen) atoms. The summed E-state index contributed by atoms with van der Waals surface area (Å²) in [7, 11) is 0. The van der Waals surface area contributed by atoms with Crippen molar-refractivity contribution in [2.45, 2.75) is 6.42 Å². The van der Waals surface area contributed by atoms with E-state index in [2.05, 4.69) is 29.8 Å². The summed E-state index contributed by atoms with van der Waals surface area (Å²) in [5.41, 5.74) is 6.48. The Kier molecular flexibility index (Phi) is 3.54. The van der Waals surface area contributed by atoms with Crippen molar-refractivity contribution in [1.29, 1.82) is 0 Å².